The molecule has 6 heteroatoms. The van der Waals surface area contributed by atoms with E-state index in [0.717, 1.165) is 31.6 Å². The van der Waals surface area contributed by atoms with Gasteiger partial charge >= 0.3 is 0 Å². The summed E-state index contributed by atoms with van der Waals surface area (Å²) < 4.78 is 1.87. The second kappa shape index (κ2) is 4.61. The maximum atomic E-state index is 11.2. The molecule has 0 spiro atoms. The fraction of sp³-hybridized carbons (Fsp3) is 0.700. The third-order valence-corrected chi connectivity index (χ3v) is 3.05. The molecule has 0 atom stereocenters. The Morgan fingerprint density at radius 1 is 1.56 bits per heavy atom. The first-order chi connectivity index (χ1) is 7.70. The molecule has 0 aromatic carbocycles. The molecule has 16 heavy (non-hydrogen) atoms. The number of hydrogen-bond acceptors (Lipinski definition) is 4. The predicted molar refractivity (Wildman–Crippen MR) is 58.4 cm³/mol. The van der Waals surface area contributed by atoms with Crippen LogP contribution in [0.4, 0.5) is 0 Å². The van der Waals surface area contributed by atoms with E-state index in [2.05, 4.69) is 10.3 Å². The second-order valence-electron chi connectivity index (χ2n) is 4.13. The van der Waals surface area contributed by atoms with E-state index in [9.17, 15) is 4.79 Å². The number of carbonyl (C=O) groups excluding carboxylic acids is 1. The molecule has 1 amide bonds. The Labute approximate surface area is 94.4 Å². The summed E-state index contributed by atoms with van der Waals surface area (Å²) in [6.07, 6.45) is 3.77. The fourth-order valence-electron chi connectivity index (χ4n) is 2.03. The Hall–Kier alpha value is -1.43. The first kappa shape index (κ1) is 11.1. The van der Waals surface area contributed by atoms with E-state index in [-0.39, 0.29) is 5.91 Å². The van der Waals surface area contributed by atoms with E-state index in [1.165, 1.54) is 0 Å². The van der Waals surface area contributed by atoms with Crippen LogP contribution >= 0.6 is 0 Å². The first-order valence-electron chi connectivity index (χ1n) is 5.57. The molecule has 2 heterocycles. The van der Waals surface area contributed by atoms with Crippen LogP contribution in [-0.2, 0) is 11.3 Å². The van der Waals surface area contributed by atoms with Crippen molar-refractivity contribution in [3.8, 4) is 0 Å². The minimum Gasteiger partial charge on any atom is -0.343 e. The molecule has 88 valence electrons. The molecule has 6 nitrogen and oxygen atoms in total. The molecule has 1 saturated heterocycles. The summed E-state index contributed by atoms with van der Waals surface area (Å²) in [5, 5.41) is 8.04. The number of amides is 1. The molecule has 2 rings (SSSR count). The summed E-state index contributed by atoms with van der Waals surface area (Å²) >= 11 is 0. The molecule has 1 aromatic heterocycles. The monoisotopic (exact) mass is 223 g/mol. The Morgan fingerprint density at radius 3 is 2.75 bits per heavy atom. The SMILES string of the molecule is CC(=O)N1CCC(n2cc(CN)nn2)CC1. The van der Waals surface area contributed by atoms with Gasteiger partial charge < -0.3 is 10.6 Å². The minimum atomic E-state index is 0.152. The van der Waals surface area contributed by atoms with Gasteiger partial charge in [0, 0.05) is 26.6 Å². The van der Waals surface area contributed by atoms with Gasteiger partial charge in [-0.25, -0.2) is 4.68 Å². The average Bonchev–Trinajstić information content (AvgIpc) is 2.77. The highest BCUT2D eigenvalue weighted by molar-refractivity contribution is 5.73. The molecular formula is C10H17N5O. The lowest BCUT2D eigenvalue weighted by Gasteiger charge is -2.30. The number of aromatic nitrogens is 3. The zero-order chi connectivity index (χ0) is 11.5. The number of nitrogens with zero attached hydrogens (tertiary/aromatic N) is 4. The van der Waals surface area contributed by atoms with Crippen molar-refractivity contribution in [2.75, 3.05) is 13.1 Å². The maximum absolute atomic E-state index is 11.2. The van der Waals surface area contributed by atoms with Gasteiger partial charge in [0.25, 0.3) is 0 Å². The van der Waals surface area contributed by atoms with Crippen molar-refractivity contribution >= 4 is 5.91 Å². The summed E-state index contributed by atoms with van der Waals surface area (Å²) in [7, 11) is 0. The van der Waals surface area contributed by atoms with E-state index in [0.29, 0.717) is 12.6 Å². The van der Waals surface area contributed by atoms with Crippen LogP contribution in [0.1, 0.15) is 31.5 Å². The van der Waals surface area contributed by atoms with Crippen molar-refractivity contribution in [3.05, 3.63) is 11.9 Å². The highest BCUT2D eigenvalue weighted by Crippen LogP contribution is 2.21. The Morgan fingerprint density at radius 2 is 2.25 bits per heavy atom. The van der Waals surface area contributed by atoms with Gasteiger partial charge in [-0.3, -0.25) is 4.79 Å². The number of nitrogens with two attached hydrogens (primary N) is 1. The Bertz CT molecular complexity index is 367. The zero-order valence-corrected chi connectivity index (χ0v) is 9.46. The average molecular weight is 223 g/mol. The van der Waals surface area contributed by atoms with E-state index in [1.807, 2.05) is 15.8 Å². The van der Waals surface area contributed by atoms with Crippen LogP contribution < -0.4 is 5.73 Å². The van der Waals surface area contributed by atoms with Crippen molar-refractivity contribution in [1.29, 1.82) is 0 Å². The lowest BCUT2D eigenvalue weighted by atomic mass is 10.1. The van der Waals surface area contributed by atoms with Gasteiger partial charge in [-0.2, -0.15) is 0 Å². The number of carbonyl (C=O) groups is 1. The highest BCUT2D eigenvalue weighted by Gasteiger charge is 2.22. The third-order valence-electron chi connectivity index (χ3n) is 3.05. The minimum absolute atomic E-state index is 0.152. The van der Waals surface area contributed by atoms with Crippen LogP contribution in [0.25, 0.3) is 0 Å². The summed E-state index contributed by atoms with van der Waals surface area (Å²) in [5.74, 6) is 0.152. The summed E-state index contributed by atoms with van der Waals surface area (Å²) in [6.45, 7) is 3.64. The molecule has 1 aliphatic heterocycles. The van der Waals surface area contributed by atoms with Crippen molar-refractivity contribution in [2.45, 2.75) is 32.4 Å². The molecule has 0 radical (unpaired) electrons. The molecule has 1 aromatic rings. The Kier molecular flexibility index (Phi) is 3.19. The smallest absolute Gasteiger partial charge is 0.219 e. The fourth-order valence-corrected chi connectivity index (χ4v) is 2.03. The van der Waals surface area contributed by atoms with E-state index >= 15 is 0 Å². The van der Waals surface area contributed by atoms with Gasteiger partial charge in [-0.1, -0.05) is 5.21 Å². The lowest BCUT2D eigenvalue weighted by molar-refractivity contribution is -0.130. The van der Waals surface area contributed by atoms with Gasteiger partial charge in [0.1, 0.15) is 0 Å². The van der Waals surface area contributed by atoms with Crippen LogP contribution in [-0.4, -0.2) is 38.9 Å². The van der Waals surface area contributed by atoms with E-state index in [4.69, 9.17) is 5.73 Å². The van der Waals surface area contributed by atoms with E-state index < -0.39 is 0 Å². The topological polar surface area (TPSA) is 77.0 Å². The van der Waals surface area contributed by atoms with Crippen molar-refractivity contribution in [3.63, 3.8) is 0 Å². The third kappa shape index (κ3) is 2.21. The number of hydrogen-bond donors (Lipinski definition) is 1. The quantitative estimate of drug-likeness (QED) is 0.760. The van der Waals surface area contributed by atoms with Gasteiger partial charge in [-0.15, -0.1) is 5.10 Å². The van der Waals surface area contributed by atoms with Crippen molar-refractivity contribution in [2.24, 2.45) is 5.73 Å². The maximum Gasteiger partial charge on any atom is 0.219 e. The normalized spacial score (nSPS) is 17.8. The van der Waals surface area contributed by atoms with Crippen molar-refractivity contribution < 1.29 is 4.79 Å². The van der Waals surface area contributed by atoms with E-state index in [1.54, 1.807) is 6.92 Å². The first-order valence-corrected chi connectivity index (χ1v) is 5.57. The second-order valence-corrected chi connectivity index (χ2v) is 4.13. The largest absolute Gasteiger partial charge is 0.343 e. The summed E-state index contributed by atoms with van der Waals surface area (Å²) in [4.78, 5) is 13.0. The van der Waals surface area contributed by atoms with Crippen LogP contribution in [0.2, 0.25) is 0 Å². The van der Waals surface area contributed by atoms with Crippen molar-refractivity contribution in [1.82, 2.24) is 19.9 Å². The summed E-state index contributed by atoms with van der Waals surface area (Å²) in [5.41, 5.74) is 6.30. The molecule has 1 aliphatic rings. The molecular weight excluding hydrogens is 206 g/mol. The number of piperidine rings is 1. The molecule has 0 saturated carbocycles. The molecule has 2 N–H and O–H groups in total. The van der Waals surface area contributed by atoms with Gasteiger partial charge in [-0.05, 0) is 12.8 Å². The van der Waals surface area contributed by atoms with Gasteiger partial charge in [0.2, 0.25) is 5.91 Å². The predicted octanol–water partition coefficient (Wildman–Crippen LogP) is -0.0798. The van der Waals surface area contributed by atoms with Crippen LogP contribution in [0.15, 0.2) is 6.20 Å². The molecule has 0 bridgehead atoms. The van der Waals surface area contributed by atoms with Gasteiger partial charge in [0.15, 0.2) is 0 Å². The lowest BCUT2D eigenvalue weighted by Crippen LogP contribution is -2.37. The number of likely N-dealkylation sites (tertiary alicyclic amines) is 1. The van der Waals surface area contributed by atoms with Crippen LogP contribution in [0.5, 0.6) is 0 Å². The van der Waals surface area contributed by atoms with Gasteiger partial charge in [0.05, 0.1) is 17.9 Å². The highest BCUT2D eigenvalue weighted by atomic mass is 16.2. The summed E-state index contributed by atoms with van der Waals surface area (Å²) in [6, 6.07) is 0.350. The zero-order valence-electron chi connectivity index (χ0n) is 9.46. The number of rotatable bonds is 2. The van der Waals surface area contributed by atoms with Crippen LogP contribution in [0, 0.1) is 0 Å². The molecule has 1 fully saturated rings. The Balaban J connectivity index is 1.96. The standard InChI is InChI=1S/C10H17N5O/c1-8(16)14-4-2-10(3-5-14)15-7-9(6-11)12-13-15/h7,10H,2-6,11H2,1H3. The van der Waals surface area contributed by atoms with Crippen LogP contribution in [0.3, 0.4) is 0 Å². The molecule has 0 unspecified atom stereocenters. The molecule has 0 aliphatic carbocycles.